The van der Waals surface area contributed by atoms with Crippen LogP contribution in [-0.2, 0) is 17.8 Å². The Labute approximate surface area is 150 Å². The molecule has 0 fully saturated rings. The van der Waals surface area contributed by atoms with Crippen LogP contribution in [0.3, 0.4) is 0 Å². The summed E-state index contributed by atoms with van der Waals surface area (Å²) in [6.45, 7) is 3.65. The molecule has 138 valence electrons. The van der Waals surface area contributed by atoms with Crippen molar-refractivity contribution in [3.8, 4) is 11.4 Å². The van der Waals surface area contributed by atoms with Gasteiger partial charge in [0.2, 0.25) is 0 Å². The van der Waals surface area contributed by atoms with Crippen LogP contribution >= 0.6 is 0 Å². The molecule has 0 spiro atoms. The van der Waals surface area contributed by atoms with E-state index < -0.39 is 0 Å². The Bertz CT molecular complexity index is 651. The van der Waals surface area contributed by atoms with E-state index in [2.05, 4.69) is 16.5 Å². The van der Waals surface area contributed by atoms with E-state index in [1.54, 1.807) is 0 Å². The van der Waals surface area contributed by atoms with Gasteiger partial charge in [0, 0.05) is 25.8 Å². The quantitative estimate of drug-likeness (QED) is 0.780. The summed E-state index contributed by atoms with van der Waals surface area (Å²) in [5, 5.41) is 7.00. The number of nitrogens with zero attached hydrogens (tertiary/aromatic N) is 3. The lowest BCUT2D eigenvalue weighted by molar-refractivity contribution is 0.0592. The van der Waals surface area contributed by atoms with Gasteiger partial charge in [-0.1, -0.05) is 43.7 Å². The fourth-order valence-corrected chi connectivity index (χ4v) is 2.57. The molecule has 6 heteroatoms. The number of esters is 1. The lowest BCUT2D eigenvalue weighted by atomic mass is 10.2. The van der Waals surface area contributed by atoms with E-state index in [0.29, 0.717) is 12.2 Å². The maximum Gasteiger partial charge on any atom is 0.358 e. The Morgan fingerprint density at radius 3 is 2.40 bits per heavy atom. The summed E-state index contributed by atoms with van der Waals surface area (Å²) < 4.78 is 7.09. The number of unbranched alkanes of at least 4 members (excludes halogenated alkanes) is 1. The number of imidazole rings is 1. The van der Waals surface area contributed by atoms with Gasteiger partial charge in [-0.25, -0.2) is 9.78 Å². The third kappa shape index (κ3) is 5.41. The second kappa shape index (κ2) is 10.6. The Balaban J connectivity index is 0.00000151. The first-order chi connectivity index (χ1) is 12.1. The fraction of sp³-hybridized carbons (Fsp3) is 0.474. The van der Waals surface area contributed by atoms with Crippen molar-refractivity contribution in [2.45, 2.75) is 32.9 Å². The smallest absolute Gasteiger partial charge is 0.358 e. The van der Waals surface area contributed by atoms with Gasteiger partial charge in [-0.05, 0) is 20.5 Å². The van der Waals surface area contributed by atoms with Crippen LogP contribution in [-0.4, -0.2) is 53.8 Å². The van der Waals surface area contributed by atoms with Gasteiger partial charge < -0.3 is 19.3 Å². The molecule has 1 heterocycles. The summed E-state index contributed by atoms with van der Waals surface area (Å²) in [6, 6.07) is 9.98. The molecule has 1 N–H and O–H groups in total. The van der Waals surface area contributed by atoms with E-state index in [1.165, 1.54) is 7.11 Å². The van der Waals surface area contributed by atoms with Crippen molar-refractivity contribution in [2.24, 2.45) is 0 Å². The van der Waals surface area contributed by atoms with Crippen molar-refractivity contribution < 1.29 is 14.6 Å². The summed E-state index contributed by atoms with van der Waals surface area (Å²) in [6.07, 6.45) is 2.12. The summed E-state index contributed by atoms with van der Waals surface area (Å²) in [4.78, 5) is 18.8. The number of ether oxygens (including phenoxy) is 1. The van der Waals surface area contributed by atoms with Gasteiger partial charge in [-0.2, -0.15) is 0 Å². The Kier molecular flexibility index (Phi) is 8.88. The molecule has 0 bridgehead atoms. The first-order valence-corrected chi connectivity index (χ1v) is 8.41. The van der Waals surface area contributed by atoms with E-state index in [0.717, 1.165) is 43.6 Å². The SMILES string of the molecule is CCCCn1c(-c2ccccc2)nc(C(=O)OC)c1CN(C)C.CO. The second-order valence-corrected chi connectivity index (χ2v) is 5.83. The zero-order valence-corrected chi connectivity index (χ0v) is 15.8. The van der Waals surface area contributed by atoms with Gasteiger partial charge in [-0.15, -0.1) is 0 Å². The van der Waals surface area contributed by atoms with Crippen LogP contribution in [0.4, 0.5) is 0 Å². The van der Waals surface area contributed by atoms with E-state index in [-0.39, 0.29) is 5.97 Å². The summed E-state index contributed by atoms with van der Waals surface area (Å²) >= 11 is 0. The van der Waals surface area contributed by atoms with Crippen molar-refractivity contribution in [3.05, 3.63) is 41.7 Å². The van der Waals surface area contributed by atoms with Crippen LogP contribution in [0.2, 0.25) is 0 Å². The van der Waals surface area contributed by atoms with Crippen molar-refractivity contribution in [1.29, 1.82) is 0 Å². The highest BCUT2D eigenvalue weighted by atomic mass is 16.5. The predicted molar refractivity (Wildman–Crippen MR) is 99.4 cm³/mol. The molecule has 1 aromatic heterocycles. The average Bonchev–Trinajstić information content (AvgIpc) is 2.99. The van der Waals surface area contributed by atoms with E-state index in [1.807, 2.05) is 49.3 Å². The molecule has 2 rings (SSSR count). The molecular weight excluding hydrogens is 318 g/mol. The van der Waals surface area contributed by atoms with E-state index in [9.17, 15) is 4.79 Å². The molecule has 6 nitrogen and oxygen atoms in total. The Morgan fingerprint density at radius 2 is 1.88 bits per heavy atom. The van der Waals surface area contributed by atoms with Gasteiger partial charge in [0.05, 0.1) is 12.8 Å². The molecule has 0 aliphatic carbocycles. The molecular formula is C19H29N3O3. The lowest BCUT2D eigenvalue weighted by Crippen LogP contribution is -2.18. The van der Waals surface area contributed by atoms with E-state index >= 15 is 0 Å². The van der Waals surface area contributed by atoms with Crippen molar-refractivity contribution in [3.63, 3.8) is 0 Å². The van der Waals surface area contributed by atoms with Gasteiger partial charge in [0.1, 0.15) is 5.82 Å². The highest BCUT2D eigenvalue weighted by molar-refractivity contribution is 5.89. The minimum atomic E-state index is -0.380. The standard InChI is InChI=1S/C18H25N3O2.CH4O/c1-5-6-12-21-15(13-20(2)3)16(18(22)23-4)19-17(21)14-10-8-7-9-11-14;1-2/h7-11H,5-6,12-13H2,1-4H3;2H,1H3. The molecule has 0 aliphatic heterocycles. The normalized spacial score (nSPS) is 10.4. The number of aromatic nitrogens is 2. The molecule has 0 aliphatic rings. The van der Waals surface area contributed by atoms with Crippen LogP contribution in [0, 0.1) is 0 Å². The predicted octanol–water partition coefficient (Wildman–Crippen LogP) is 2.81. The molecule has 0 unspecified atom stereocenters. The van der Waals surface area contributed by atoms with Crippen LogP contribution < -0.4 is 0 Å². The number of aliphatic hydroxyl groups is 1. The van der Waals surface area contributed by atoms with Gasteiger partial charge in [0.15, 0.2) is 5.69 Å². The van der Waals surface area contributed by atoms with Crippen LogP contribution in [0.15, 0.2) is 30.3 Å². The zero-order valence-electron chi connectivity index (χ0n) is 15.8. The summed E-state index contributed by atoms with van der Waals surface area (Å²) in [5.74, 6) is 0.450. The lowest BCUT2D eigenvalue weighted by Gasteiger charge is -2.15. The number of rotatable bonds is 7. The second-order valence-electron chi connectivity index (χ2n) is 5.83. The Morgan fingerprint density at radius 1 is 1.24 bits per heavy atom. The number of aliphatic hydroxyl groups excluding tert-OH is 1. The first-order valence-electron chi connectivity index (χ1n) is 8.41. The molecule has 0 amide bonds. The number of hydrogen-bond donors (Lipinski definition) is 1. The Hall–Kier alpha value is -2.18. The minimum absolute atomic E-state index is 0.380. The van der Waals surface area contributed by atoms with Gasteiger partial charge in [-0.3, -0.25) is 0 Å². The minimum Gasteiger partial charge on any atom is -0.464 e. The zero-order chi connectivity index (χ0) is 18.8. The maximum absolute atomic E-state index is 12.2. The summed E-state index contributed by atoms with van der Waals surface area (Å²) in [5.41, 5.74) is 2.34. The molecule has 1 aromatic carbocycles. The average molecular weight is 347 g/mol. The first kappa shape index (κ1) is 20.9. The summed E-state index contributed by atoms with van der Waals surface area (Å²) in [7, 11) is 6.37. The number of carbonyl (C=O) groups excluding carboxylic acids is 1. The molecule has 0 radical (unpaired) electrons. The van der Waals surface area contributed by atoms with Gasteiger partial charge in [0.25, 0.3) is 0 Å². The maximum atomic E-state index is 12.2. The largest absolute Gasteiger partial charge is 0.464 e. The van der Waals surface area contributed by atoms with Crippen LogP contribution in [0.5, 0.6) is 0 Å². The van der Waals surface area contributed by atoms with Crippen molar-refractivity contribution in [1.82, 2.24) is 14.5 Å². The molecule has 0 saturated heterocycles. The molecule has 0 atom stereocenters. The fourth-order valence-electron chi connectivity index (χ4n) is 2.57. The number of benzene rings is 1. The highest BCUT2D eigenvalue weighted by Gasteiger charge is 2.23. The molecule has 2 aromatic rings. The topological polar surface area (TPSA) is 67.6 Å². The molecule has 0 saturated carbocycles. The highest BCUT2D eigenvalue weighted by Crippen LogP contribution is 2.24. The van der Waals surface area contributed by atoms with E-state index in [4.69, 9.17) is 9.84 Å². The van der Waals surface area contributed by atoms with Crippen LogP contribution in [0.1, 0.15) is 35.9 Å². The number of carbonyl (C=O) groups is 1. The van der Waals surface area contributed by atoms with Crippen LogP contribution in [0.25, 0.3) is 11.4 Å². The molecule has 25 heavy (non-hydrogen) atoms. The third-order valence-corrected chi connectivity index (χ3v) is 3.68. The van der Waals surface area contributed by atoms with Crippen molar-refractivity contribution >= 4 is 5.97 Å². The number of hydrogen-bond acceptors (Lipinski definition) is 5. The van der Waals surface area contributed by atoms with Gasteiger partial charge >= 0.3 is 5.97 Å². The third-order valence-electron chi connectivity index (χ3n) is 3.68. The number of methoxy groups -OCH3 is 1. The van der Waals surface area contributed by atoms with Crippen molar-refractivity contribution in [2.75, 3.05) is 28.3 Å². The monoisotopic (exact) mass is 347 g/mol.